The van der Waals surface area contributed by atoms with Crippen LogP contribution in [0, 0.1) is 6.92 Å². The molecule has 6 heteroatoms. The number of fused-ring (bicyclic) bond motifs is 1. The van der Waals surface area contributed by atoms with Crippen LogP contribution in [0.3, 0.4) is 0 Å². The summed E-state index contributed by atoms with van der Waals surface area (Å²) in [7, 11) is 0. The van der Waals surface area contributed by atoms with E-state index in [9.17, 15) is 9.59 Å². The average Bonchev–Trinajstić information content (AvgIpc) is 3.04. The maximum atomic E-state index is 12.1. The van der Waals surface area contributed by atoms with Gasteiger partial charge < -0.3 is 20.4 Å². The molecule has 2 heterocycles. The lowest BCUT2D eigenvalue weighted by Gasteiger charge is -2.15. The Morgan fingerprint density at radius 1 is 1.43 bits per heavy atom. The fourth-order valence-electron chi connectivity index (χ4n) is 2.60. The molecule has 1 aromatic heterocycles. The Labute approximate surface area is 121 Å². The summed E-state index contributed by atoms with van der Waals surface area (Å²) in [5, 5.41) is 9.04. The minimum atomic E-state index is -0.537. The van der Waals surface area contributed by atoms with Gasteiger partial charge in [-0.25, -0.2) is 4.79 Å². The van der Waals surface area contributed by atoms with E-state index in [-0.39, 0.29) is 18.0 Å². The van der Waals surface area contributed by atoms with E-state index in [1.54, 1.807) is 0 Å². The van der Waals surface area contributed by atoms with E-state index < -0.39 is 6.04 Å². The first-order valence-electron chi connectivity index (χ1n) is 6.89. The van der Waals surface area contributed by atoms with Crippen molar-refractivity contribution in [3.8, 4) is 0 Å². The molecule has 2 aromatic rings. The molecule has 3 N–H and O–H groups in total. The Bertz CT molecular complexity index is 707. The topological polar surface area (TPSA) is 83.4 Å². The Balaban J connectivity index is 1.77. The van der Waals surface area contributed by atoms with Crippen LogP contribution in [0.1, 0.15) is 24.3 Å². The molecule has 1 fully saturated rings. The van der Waals surface area contributed by atoms with Crippen LogP contribution >= 0.6 is 0 Å². The zero-order valence-corrected chi connectivity index (χ0v) is 11.9. The Kier molecular flexibility index (Phi) is 3.29. The molecule has 1 saturated heterocycles. The van der Waals surface area contributed by atoms with Gasteiger partial charge in [-0.05, 0) is 19.9 Å². The van der Waals surface area contributed by atoms with Gasteiger partial charge in [0.15, 0.2) is 0 Å². The second-order valence-corrected chi connectivity index (χ2v) is 5.22. The number of urea groups is 1. The molecule has 1 aromatic carbocycles. The highest BCUT2D eigenvalue weighted by Crippen LogP contribution is 2.29. The number of hydrogen-bond acceptors (Lipinski definition) is 3. The predicted molar refractivity (Wildman–Crippen MR) is 77.8 cm³/mol. The first kappa shape index (κ1) is 13.5. The number of furan rings is 1. The predicted octanol–water partition coefficient (Wildman–Crippen LogP) is 1.60. The Morgan fingerprint density at radius 3 is 2.86 bits per heavy atom. The quantitative estimate of drug-likeness (QED) is 0.801. The van der Waals surface area contributed by atoms with Crippen LogP contribution in [0.2, 0.25) is 0 Å². The third kappa shape index (κ3) is 2.44. The normalized spacial score (nSPS) is 19.1. The molecule has 2 atom stereocenters. The lowest BCUT2D eigenvalue weighted by Crippen LogP contribution is -2.43. The molecule has 0 aliphatic carbocycles. The van der Waals surface area contributed by atoms with Gasteiger partial charge in [-0.15, -0.1) is 0 Å². The van der Waals surface area contributed by atoms with Crippen molar-refractivity contribution in [3.05, 3.63) is 35.6 Å². The number of carbonyl (C=O) groups is 2. The smallest absolute Gasteiger partial charge is 0.315 e. The molecule has 1 aliphatic heterocycles. The molecule has 0 unspecified atom stereocenters. The maximum absolute atomic E-state index is 12.1. The zero-order chi connectivity index (χ0) is 15.0. The number of nitrogens with one attached hydrogen (secondary N) is 3. The molecule has 0 radical (unpaired) electrons. The van der Waals surface area contributed by atoms with Crippen molar-refractivity contribution in [2.24, 2.45) is 0 Å². The summed E-state index contributed by atoms with van der Waals surface area (Å²) in [5.41, 5.74) is 1.83. The van der Waals surface area contributed by atoms with Crippen LogP contribution < -0.4 is 16.0 Å². The number of hydrogen-bond donors (Lipinski definition) is 3. The van der Waals surface area contributed by atoms with Crippen LogP contribution in [0.4, 0.5) is 4.79 Å². The first-order valence-corrected chi connectivity index (χ1v) is 6.89. The van der Waals surface area contributed by atoms with Gasteiger partial charge in [0, 0.05) is 17.5 Å². The van der Waals surface area contributed by atoms with Crippen molar-refractivity contribution in [3.63, 3.8) is 0 Å². The molecule has 110 valence electrons. The van der Waals surface area contributed by atoms with Crippen LogP contribution in [0.25, 0.3) is 11.0 Å². The third-order valence-electron chi connectivity index (χ3n) is 3.72. The van der Waals surface area contributed by atoms with Gasteiger partial charge in [-0.3, -0.25) is 4.79 Å². The van der Waals surface area contributed by atoms with Crippen molar-refractivity contribution in [1.29, 1.82) is 0 Å². The number of aryl methyl sites for hydroxylation is 1. The maximum Gasteiger partial charge on any atom is 0.315 e. The molecule has 3 amide bonds. The van der Waals surface area contributed by atoms with Gasteiger partial charge in [-0.1, -0.05) is 18.2 Å². The molecule has 0 saturated carbocycles. The van der Waals surface area contributed by atoms with Crippen LogP contribution in [-0.2, 0) is 4.79 Å². The summed E-state index contributed by atoms with van der Waals surface area (Å²) in [4.78, 5) is 23.2. The molecule has 0 bridgehead atoms. The van der Waals surface area contributed by atoms with Crippen molar-refractivity contribution in [2.45, 2.75) is 25.9 Å². The number of carbonyl (C=O) groups excluding carboxylic acids is 2. The molecule has 21 heavy (non-hydrogen) atoms. The highest BCUT2D eigenvalue weighted by atomic mass is 16.3. The average molecular weight is 287 g/mol. The van der Waals surface area contributed by atoms with Gasteiger partial charge in [0.05, 0.1) is 6.04 Å². The van der Waals surface area contributed by atoms with Crippen molar-refractivity contribution >= 4 is 22.9 Å². The second-order valence-electron chi connectivity index (χ2n) is 5.22. The standard InChI is InChI=1S/C15H17N3O3/c1-8-10-5-3-4-6-12(10)21-13(8)9(2)17-14(19)11-7-16-15(20)18-11/h3-6,9,11H,7H2,1-2H3,(H,17,19)(H2,16,18,20)/t9-,11+/m0/s1. The molecular weight excluding hydrogens is 270 g/mol. The first-order chi connectivity index (χ1) is 10.1. The Hall–Kier alpha value is -2.50. The molecular formula is C15H17N3O3. The molecule has 1 aliphatic rings. The van der Waals surface area contributed by atoms with Crippen molar-refractivity contribution in [2.75, 3.05) is 6.54 Å². The number of rotatable bonds is 3. The van der Waals surface area contributed by atoms with E-state index in [4.69, 9.17) is 4.42 Å². The Morgan fingerprint density at radius 2 is 2.19 bits per heavy atom. The fourth-order valence-corrected chi connectivity index (χ4v) is 2.60. The van der Waals surface area contributed by atoms with E-state index in [1.165, 1.54) is 0 Å². The van der Waals surface area contributed by atoms with Gasteiger partial charge in [0.2, 0.25) is 5.91 Å². The number of para-hydroxylation sites is 1. The third-order valence-corrected chi connectivity index (χ3v) is 3.72. The van der Waals surface area contributed by atoms with Gasteiger partial charge in [0.25, 0.3) is 0 Å². The summed E-state index contributed by atoms with van der Waals surface area (Å²) >= 11 is 0. The van der Waals surface area contributed by atoms with E-state index >= 15 is 0 Å². The van der Waals surface area contributed by atoms with Crippen LogP contribution in [0.5, 0.6) is 0 Å². The lowest BCUT2D eigenvalue weighted by molar-refractivity contribution is -0.123. The van der Waals surface area contributed by atoms with E-state index in [0.717, 1.165) is 22.3 Å². The van der Waals surface area contributed by atoms with Crippen molar-refractivity contribution in [1.82, 2.24) is 16.0 Å². The SMILES string of the molecule is Cc1c([C@H](C)NC(=O)[C@H]2CNC(=O)N2)oc2ccccc12. The largest absolute Gasteiger partial charge is 0.459 e. The minimum absolute atomic E-state index is 0.222. The van der Waals surface area contributed by atoms with Gasteiger partial charge in [0.1, 0.15) is 17.4 Å². The summed E-state index contributed by atoms with van der Waals surface area (Å²) in [6, 6.07) is 6.65. The highest BCUT2D eigenvalue weighted by molar-refractivity contribution is 5.90. The van der Waals surface area contributed by atoms with Gasteiger partial charge in [-0.2, -0.15) is 0 Å². The summed E-state index contributed by atoms with van der Waals surface area (Å²) in [6.07, 6.45) is 0. The summed E-state index contributed by atoms with van der Waals surface area (Å²) < 4.78 is 5.83. The fraction of sp³-hybridized carbons (Fsp3) is 0.333. The number of amides is 3. The minimum Gasteiger partial charge on any atom is -0.459 e. The molecule has 3 rings (SSSR count). The summed E-state index contributed by atoms with van der Waals surface area (Å²) in [6.45, 7) is 4.14. The van der Waals surface area contributed by atoms with E-state index in [1.807, 2.05) is 38.1 Å². The molecule has 0 spiro atoms. The lowest BCUT2D eigenvalue weighted by atomic mass is 10.1. The van der Waals surface area contributed by atoms with Crippen molar-refractivity contribution < 1.29 is 14.0 Å². The second kappa shape index (κ2) is 5.12. The van der Waals surface area contributed by atoms with Crippen LogP contribution in [0.15, 0.2) is 28.7 Å². The zero-order valence-electron chi connectivity index (χ0n) is 11.9. The van der Waals surface area contributed by atoms with Gasteiger partial charge >= 0.3 is 6.03 Å². The van der Waals surface area contributed by atoms with E-state index in [0.29, 0.717) is 6.54 Å². The van der Waals surface area contributed by atoms with E-state index in [2.05, 4.69) is 16.0 Å². The number of benzene rings is 1. The molecule has 6 nitrogen and oxygen atoms in total. The summed E-state index contributed by atoms with van der Waals surface area (Å²) in [5.74, 6) is 0.516. The highest BCUT2D eigenvalue weighted by Gasteiger charge is 2.28. The van der Waals surface area contributed by atoms with Crippen LogP contribution in [-0.4, -0.2) is 24.5 Å². The monoisotopic (exact) mass is 287 g/mol.